The van der Waals surface area contributed by atoms with Crippen molar-refractivity contribution in [2.45, 2.75) is 12.5 Å². The quantitative estimate of drug-likeness (QED) is 0.329. The molecular weight excluding hydrogens is 102 g/mol. The molecule has 1 aliphatic rings. The topological polar surface area (TPSA) is 36.4 Å². The zero-order valence-corrected chi connectivity index (χ0v) is 4.68. The molecule has 0 amide bonds. The first-order chi connectivity index (χ1) is 3.84. The lowest BCUT2D eigenvalue weighted by Crippen LogP contribution is -2.02. The Balaban J connectivity index is 2.22. The largest absolute Gasteiger partial charge is 0.367 e. The Morgan fingerprint density at radius 1 is 2.00 bits per heavy atom. The van der Waals surface area contributed by atoms with Crippen LogP contribution in [-0.4, -0.2) is 18.4 Å². The second-order valence-electron chi connectivity index (χ2n) is 1.84. The van der Waals surface area contributed by atoms with Crippen molar-refractivity contribution in [3.63, 3.8) is 0 Å². The van der Waals surface area contributed by atoms with Gasteiger partial charge >= 0.3 is 0 Å². The van der Waals surface area contributed by atoms with E-state index in [0.717, 1.165) is 6.61 Å². The molecule has 1 heterocycles. The van der Waals surface area contributed by atoms with Crippen LogP contribution in [0.1, 0.15) is 6.42 Å². The maximum atomic E-state index is 7.21. The number of ether oxygens (including phenoxy) is 1. The average Bonchev–Trinajstić information content (AvgIpc) is 2.45. The van der Waals surface area contributed by atoms with E-state index < -0.39 is 0 Å². The van der Waals surface area contributed by atoms with E-state index in [1.54, 1.807) is 6.08 Å². The van der Waals surface area contributed by atoms with E-state index in [9.17, 15) is 0 Å². The second kappa shape index (κ2) is 2.09. The van der Waals surface area contributed by atoms with Gasteiger partial charge in [-0.05, 0) is 0 Å². The van der Waals surface area contributed by atoms with Crippen LogP contribution in [0.2, 0.25) is 0 Å². The molecule has 1 atom stereocenters. The Hall–Kier alpha value is -0.630. The van der Waals surface area contributed by atoms with Gasteiger partial charge in [-0.25, -0.2) is 0 Å². The van der Waals surface area contributed by atoms with Crippen molar-refractivity contribution in [3.8, 4) is 0 Å². The normalized spacial score (nSPS) is 24.8. The molecule has 0 aromatic carbocycles. The van der Waals surface area contributed by atoms with Gasteiger partial charge in [0, 0.05) is 12.1 Å². The highest BCUT2D eigenvalue weighted by atomic mass is 16.6. The lowest BCUT2D eigenvalue weighted by molar-refractivity contribution is 0.447. The first-order valence-corrected chi connectivity index (χ1v) is 2.64. The summed E-state index contributed by atoms with van der Waals surface area (Å²) in [5, 5.41) is 7.21. The van der Waals surface area contributed by atoms with Crippen LogP contribution in [0.25, 0.3) is 0 Å². The van der Waals surface area contributed by atoms with Crippen molar-refractivity contribution in [1.29, 1.82) is 5.41 Å². The van der Waals surface area contributed by atoms with Crippen molar-refractivity contribution >= 4 is 5.71 Å². The summed E-state index contributed by atoms with van der Waals surface area (Å²) in [4.78, 5) is 0. The lowest BCUT2D eigenvalue weighted by atomic mass is 10.2. The van der Waals surface area contributed by atoms with Gasteiger partial charge in [-0.1, -0.05) is 6.08 Å². The van der Waals surface area contributed by atoms with E-state index in [4.69, 9.17) is 10.1 Å². The SMILES string of the molecule is C=CCC(=N)C1CO1. The number of nitrogens with one attached hydrogen (secondary N) is 1. The van der Waals surface area contributed by atoms with E-state index >= 15 is 0 Å². The predicted octanol–water partition coefficient (Wildman–Crippen LogP) is 0.981. The molecule has 8 heavy (non-hydrogen) atoms. The minimum absolute atomic E-state index is 0.132. The van der Waals surface area contributed by atoms with E-state index in [0.29, 0.717) is 12.1 Å². The zero-order chi connectivity index (χ0) is 5.98. The second-order valence-corrected chi connectivity index (χ2v) is 1.84. The number of rotatable bonds is 3. The van der Waals surface area contributed by atoms with Crippen molar-refractivity contribution < 1.29 is 4.74 Å². The summed E-state index contributed by atoms with van der Waals surface area (Å²) in [7, 11) is 0. The van der Waals surface area contributed by atoms with Gasteiger partial charge in [0.25, 0.3) is 0 Å². The van der Waals surface area contributed by atoms with Crippen molar-refractivity contribution in [3.05, 3.63) is 12.7 Å². The molecule has 44 valence electrons. The third kappa shape index (κ3) is 1.17. The monoisotopic (exact) mass is 111 g/mol. The fourth-order valence-electron chi connectivity index (χ4n) is 0.536. The van der Waals surface area contributed by atoms with Crippen LogP contribution in [0.3, 0.4) is 0 Å². The van der Waals surface area contributed by atoms with Crippen molar-refractivity contribution in [2.75, 3.05) is 6.61 Å². The molecule has 0 aromatic rings. The predicted molar refractivity (Wildman–Crippen MR) is 32.3 cm³/mol. The Bertz CT molecular complexity index is 116. The van der Waals surface area contributed by atoms with Crippen LogP contribution in [0.15, 0.2) is 12.7 Å². The molecule has 0 bridgehead atoms. The molecule has 1 rings (SSSR count). The van der Waals surface area contributed by atoms with Gasteiger partial charge in [0.05, 0.1) is 6.61 Å². The fourth-order valence-corrected chi connectivity index (χ4v) is 0.536. The Morgan fingerprint density at radius 3 is 3.00 bits per heavy atom. The van der Waals surface area contributed by atoms with Crippen LogP contribution >= 0.6 is 0 Å². The molecule has 1 saturated heterocycles. The van der Waals surface area contributed by atoms with Gasteiger partial charge in [-0.15, -0.1) is 6.58 Å². The summed E-state index contributed by atoms with van der Waals surface area (Å²) in [6.07, 6.45) is 2.53. The number of epoxide rings is 1. The minimum atomic E-state index is 0.132. The standard InChI is InChI=1S/C6H9NO/c1-2-3-5(7)6-4-8-6/h2,6-7H,1,3-4H2. The van der Waals surface area contributed by atoms with E-state index in [-0.39, 0.29) is 6.10 Å². The third-order valence-corrected chi connectivity index (χ3v) is 1.09. The smallest absolute Gasteiger partial charge is 0.119 e. The van der Waals surface area contributed by atoms with Gasteiger partial charge < -0.3 is 10.1 Å². The van der Waals surface area contributed by atoms with Crippen LogP contribution in [0.4, 0.5) is 0 Å². The molecule has 2 nitrogen and oxygen atoms in total. The fraction of sp³-hybridized carbons (Fsp3) is 0.500. The highest BCUT2D eigenvalue weighted by Gasteiger charge is 2.26. The van der Waals surface area contributed by atoms with Crippen LogP contribution < -0.4 is 0 Å². The van der Waals surface area contributed by atoms with E-state index in [1.165, 1.54) is 0 Å². The lowest BCUT2D eigenvalue weighted by Gasteiger charge is -1.88. The maximum absolute atomic E-state index is 7.21. The molecule has 1 aliphatic heterocycles. The third-order valence-electron chi connectivity index (χ3n) is 1.09. The van der Waals surface area contributed by atoms with E-state index in [1.807, 2.05) is 0 Å². The number of hydrogen-bond donors (Lipinski definition) is 1. The van der Waals surface area contributed by atoms with Crippen molar-refractivity contribution in [2.24, 2.45) is 0 Å². The molecule has 0 spiro atoms. The van der Waals surface area contributed by atoms with Crippen LogP contribution in [0, 0.1) is 5.41 Å². The first-order valence-electron chi connectivity index (χ1n) is 2.64. The number of allylic oxidation sites excluding steroid dienone is 1. The molecule has 0 aromatic heterocycles. The molecule has 0 radical (unpaired) electrons. The number of hydrogen-bond acceptors (Lipinski definition) is 2. The highest BCUT2D eigenvalue weighted by molar-refractivity contribution is 5.88. The average molecular weight is 111 g/mol. The van der Waals surface area contributed by atoms with Gasteiger partial charge in [0.15, 0.2) is 0 Å². The summed E-state index contributed by atoms with van der Waals surface area (Å²) in [6, 6.07) is 0. The Kier molecular flexibility index (Phi) is 1.44. The Morgan fingerprint density at radius 2 is 2.62 bits per heavy atom. The van der Waals surface area contributed by atoms with Crippen molar-refractivity contribution in [1.82, 2.24) is 0 Å². The summed E-state index contributed by atoms with van der Waals surface area (Å²) >= 11 is 0. The Labute approximate surface area is 48.7 Å². The summed E-state index contributed by atoms with van der Waals surface area (Å²) in [6.45, 7) is 4.26. The molecule has 0 saturated carbocycles. The zero-order valence-electron chi connectivity index (χ0n) is 4.68. The summed E-state index contributed by atoms with van der Waals surface area (Å²) < 4.78 is 4.85. The van der Waals surface area contributed by atoms with Gasteiger partial charge in [-0.2, -0.15) is 0 Å². The minimum Gasteiger partial charge on any atom is -0.367 e. The molecule has 1 N–H and O–H groups in total. The maximum Gasteiger partial charge on any atom is 0.119 e. The highest BCUT2D eigenvalue weighted by Crippen LogP contribution is 2.11. The molecule has 1 fully saturated rings. The van der Waals surface area contributed by atoms with Gasteiger partial charge in [-0.3, -0.25) is 0 Å². The summed E-state index contributed by atoms with van der Waals surface area (Å²) in [5.74, 6) is 0. The molecule has 1 unspecified atom stereocenters. The van der Waals surface area contributed by atoms with Gasteiger partial charge in [0.2, 0.25) is 0 Å². The van der Waals surface area contributed by atoms with Crippen LogP contribution in [-0.2, 0) is 4.74 Å². The molecule has 0 aliphatic carbocycles. The van der Waals surface area contributed by atoms with Gasteiger partial charge in [0.1, 0.15) is 6.10 Å². The summed E-state index contributed by atoms with van der Waals surface area (Å²) in [5.41, 5.74) is 0.653. The first kappa shape index (κ1) is 5.51. The van der Waals surface area contributed by atoms with E-state index in [2.05, 4.69) is 6.58 Å². The molecule has 2 heteroatoms. The molecular formula is C6H9NO. The van der Waals surface area contributed by atoms with Crippen LogP contribution in [0.5, 0.6) is 0 Å².